The van der Waals surface area contributed by atoms with Gasteiger partial charge in [-0.25, -0.2) is 13.9 Å². The summed E-state index contributed by atoms with van der Waals surface area (Å²) in [5.74, 6) is -0.222. The highest BCUT2D eigenvalue weighted by molar-refractivity contribution is 7.17. The fraction of sp³-hybridized carbons (Fsp3) is 0.143. The number of anilines is 1. The fourth-order valence-corrected chi connectivity index (χ4v) is 5.20. The van der Waals surface area contributed by atoms with Gasteiger partial charge in [0.1, 0.15) is 11.2 Å². The Morgan fingerprint density at radius 3 is 2.75 bits per heavy atom. The summed E-state index contributed by atoms with van der Waals surface area (Å²) in [6, 6.07) is 10.7. The van der Waals surface area contributed by atoms with Gasteiger partial charge in [0.2, 0.25) is 11.7 Å². The van der Waals surface area contributed by atoms with E-state index < -0.39 is 11.6 Å². The van der Waals surface area contributed by atoms with Gasteiger partial charge in [0, 0.05) is 15.6 Å². The Morgan fingerprint density at radius 2 is 1.97 bits per heavy atom. The second kappa shape index (κ2) is 8.05. The molecule has 32 heavy (non-hydrogen) atoms. The van der Waals surface area contributed by atoms with Crippen LogP contribution >= 0.6 is 34.3 Å². The summed E-state index contributed by atoms with van der Waals surface area (Å²) in [7, 11) is 0. The van der Waals surface area contributed by atoms with Crippen molar-refractivity contribution >= 4 is 61.9 Å². The van der Waals surface area contributed by atoms with E-state index in [-0.39, 0.29) is 24.4 Å². The molecule has 0 aliphatic rings. The number of nitrogens with zero attached hydrogens (tertiary/aromatic N) is 4. The van der Waals surface area contributed by atoms with E-state index in [0.29, 0.717) is 20.9 Å². The number of amides is 1. The standard InChI is InChI=1S/C21H16ClN5O3S2/c1-12-14(22)5-2-6-15(12)23-17(28)11-26-21(30)27-16-7-9-32-18(16)19(29)25(20(27)24-26)10-13-4-3-8-31-13/h2-9H,10-11H2,1H3,(H,23,28). The maximum absolute atomic E-state index is 13.2. The number of thiophene rings is 2. The Balaban J connectivity index is 1.58. The van der Waals surface area contributed by atoms with Crippen LogP contribution in [0.15, 0.2) is 56.7 Å². The molecule has 8 nitrogen and oxygen atoms in total. The van der Waals surface area contributed by atoms with Crippen molar-refractivity contribution in [2.75, 3.05) is 5.32 Å². The molecule has 0 fully saturated rings. The van der Waals surface area contributed by atoms with Gasteiger partial charge >= 0.3 is 5.69 Å². The zero-order valence-corrected chi connectivity index (χ0v) is 19.1. The minimum absolute atomic E-state index is 0.200. The molecule has 0 spiro atoms. The number of rotatable bonds is 5. The molecule has 1 amide bonds. The number of benzene rings is 1. The predicted molar refractivity (Wildman–Crippen MR) is 127 cm³/mol. The van der Waals surface area contributed by atoms with Gasteiger partial charge in [-0.15, -0.1) is 27.8 Å². The topological polar surface area (TPSA) is 90.4 Å². The Morgan fingerprint density at radius 1 is 1.12 bits per heavy atom. The lowest BCUT2D eigenvalue weighted by molar-refractivity contribution is -0.117. The summed E-state index contributed by atoms with van der Waals surface area (Å²) in [5, 5.41) is 11.3. The summed E-state index contributed by atoms with van der Waals surface area (Å²) in [5.41, 5.74) is 1.08. The third kappa shape index (κ3) is 3.46. The molecular formula is C21H16ClN5O3S2. The molecule has 0 saturated heterocycles. The maximum atomic E-state index is 13.2. The summed E-state index contributed by atoms with van der Waals surface area (Å²) in [4.78, 5) is 39.9. The van der Waals surface area contributed by atoms with Crippen molar-refractivity contribution in [3.05, 3.63) is 83.5 Å². The van der Waals surface area contributed by atoms with Crippen LogP contribution < -0.4 is 16.6 Å². The molecule has 162 valence electrons. The molecule has 11 heteroatoms. The van der Waals surface area contributed by atoms with Gasteiger partial charge in [-0.2, -0.15) is 0 Å². The lowest BCUT2D eigenvalue weighted by Crippen LogP contribution is -2.29. The van der Waals surface area contributed by atoms with Crippen LogP contribution in [-0.2, 0) is 17.9 Å². The van der Waals surface area contributed by atoms with Crippen LogP contribution in [0, 0.1) is 6.92 Å². The zero-order chi connectivity index (χ0) is 22.4. The quantitative estimate of drug-likeness (QED) is 0.412. The van der Waals surface area contributed by atoms with Crippen LogP contribution in [0.2, 0.25) is 5.02 Å². The molecule has 4 aromatic heterocycles. The van der Waals surface area contributed by atoms with Gasteiger partial charge in [0.05, 0.1) is 12.1 Å². The minimum Gasteiger partial charge on any atom is -0.324 e. The molecule has 0 aliphatic heterocycles. The van der Waals surface area contributed by atoms with E-state index in [9.17, 15) is 14.4 Å². The number of carbonyl (C=O) groups excluding carboxylic acids is 1. The molecule has 5 rings (SSSR count). The molecule has 0 bridgehead atoms. The number of carbonyl (C=O) groups is 1. The van der Waals surface area contributed by atoms with Gasteiger partial charge in [0.15, 0.2) is 0 Å². The van der Waals surface area contributed by atoms with Crippen LogP contribution in [0.5, 0.6) is 0 Å². The van der Waals surface area contributed by atoms with Gasteiger partial charge in [-0.1, -0.05) is 23.7 Å². The SMILES string of the molecule is Cc1c(Cl)cccc1NC(=O)Cn1nc2n(Cc3cccs3)c(=O)c3sccc3n2c1=O. The van der Waals surface area contributed by atoms with E-state index in [4.69, 9.17) is 11.6 Å². The van der Waals surface area contributed by atoms with Crippen LogP contribution in [0.4, 0.5) is 5.69 Å². The average Bonchev–Trinajstić information content (AvgIpc) is 3.50. The first-order valence-corrected chi connectivity index (χ1v) is 11.7. The lowest BCUT2D eigenvalue weighted by atomic mass is 10.2. The van der Waals surface area contributed by atoms with E-state index in [1.165, 1.54) is 31.6 Å². The largest absolute Gasteiger partial charge is 0.352 e. The highest BCUT2D eigenvalue weighted by atomic mass is 35.5. The molecule has 0 unspecified atom stereocenters. The Labute approximate surface area is 193 Å². The first-order chi connectivity index (χ1) is 15.4. The van der Waals surface area contributed by atoms with E-state index in [0.717, 1.165) is 15.1 Å². The van der Waals surface area contributed by atoms with Crippen molar-refractivity contribution in [2.24, 2.45) is 0 Å². The summed E-state index contributed by atoms with van der Waals surface area (Å²) >= 11 is 8.91. The second-order valence-electron chi connectivity index (χ2n) is 7.14. The third-order valence-electron chi connectivity index (χ3n) is 5.12. The lowest BCUT2D eigenvalue weighted by Gasteiger charge is -2.09. The third-order valence-corrected chi connectivity index (χ3v) is 7.28. The van der Waals surface area contributed by atoms with Crippen molar-refractivity contribution in [3.63, 3.8) is 0 Å². The van der Waals surface area contributed by atoms with Crippen LogP contribution in [0.3, 0.4) is 0 Å². The van der Waals surface area contributed by atoms with Gasteiger partial charge in [-0.3, -0.25) is 14.2 Å². The van der Waals surface area contributed by atoms with Crippen molar-refractivity contribution in [1.29, 1.82) is 0 Å². The van der Waals surface area contributed by atoms with Crippen LogP contribution in [0.25, 0.3) is 16.0 Å². The molecule has 0 saturated carbocycles. The Kier molecular flexibility index (Phi) is 5.20. The van der Waals surface area contributed by atoms with Crippen LogP contribution in [0.1, 0.15) is 10.4 Å². The monoisotopic (exact) mass is 485 g/mol. The molecule has 0 aliphatic carbocycles. The minimum atomic E-state index is -0.485. The van der Waals surface area contributed by atoms with E-state index >= 15 is 0 Å². The zero-order valence-electron chi connectivity index (χ0n) is 16.7. The van der Waals surface area contributed by atoms with Crippen LogP contribution in [-0.4, -0.2) is 24.7 Å². The van der Waals surface area contributed by atoms with Crippen molar-refractivity contribution in [1.82, 2.24) is 18.7 Å². The van der Waals surface area contributed by atoms with Gasteiger partial charge in [0.25, 0.3) is 5.56 Å². The van der Waals surface area contributed by atoms with Crippen molar-refractivity contribution < 1.29 is 4.79 Å². The number of halogens is 1. The number of hydrogen-bond acceptors (Lipinski definition) is 6. The predicted octanol–water partition coefficient (Wildman–Crippen LogP) is 3.58. The molecule has 0 atom stereocenters. The number of fused-ring (bicyclic) bond motifs is 3. The van der Waals surface area contributed by atoms with Gasteiger partial charge in [-0.05, 0) is 47.5 Å². The average molecular weight is 486 g/mol. The highest BCUT2D eigenvalue weighted by Gasteiger charge is 2.20. The smallest absolute Gasteiger partial charge is 0.324 e. The van der Waals surface area contributed by atoms with Crippen molar-refractivity contribution in [3.8, 4) is 0 Å². The van der Waals surface area contributed by atoms with E-state index in [2.05, 4.69) is 10.4 Å². The van der Waals surface area contributed by atoms with Crippen molar-refractivity contribution in [2.45, 2.75) is 20.0 Å². The molecular weight excluding hydrogens is 470 g/mol. The highest BCUT2D eigenvalue weighted by Crippen LogP contribution is 2.23. The molecule has 1 N–H and O–H groups in total. The Hall–Kier alpha value is -3.21. The van der Waals surface area contributed by atoms with E-state index in [1.54, 1.807) is 36.6 Å². The van der Waals surface area contributed by atoms with E-state index in [1.807, 2.05) is 17.5 Å². The second-order valence-corrected chi connectivity index (χ2v) is 9.50. The number of aromatic nitrogens is 4. The maximum Gasteiger partial charge on any atom is 0.352 e. The van der Waals surface area contributed by atoms with Gasteiger partial charge < -0.3 is 5.32 Å². The molecule has 5 aromatic rings. The molecule has 4 heterocycles. The summed E-state index contributed by atoms with van der Waals surface area (Å²) in [6.45, 7) is 1.79. The first-order valence-electron chi connectivity index (χ1n) is 9.61. The summed E-state index contributed by atoms with van der Waals surface area (Å²) in [6.07, 6.45) is 0. The molecule has 0 radical (unpaired) electrons. The normalized spacial score (nSPS) is 11.4. The number of nitrogens with one attached hydrogen (secondary N) is 1. The fourth-order valence-electron chi connectivity index (χ4n) is 3.51. The first kappa shape index (κ1) is 20.7. The molecule has 1 aromatic carbocycles. The number of hydrogen-bond donors (Lipinski definition) is 1. The Bertz CT molecular complexity index is 1590. The summed E-state index contributed by atoms with van der Waals surface area (Å²) < 4.78 is 4.40.